The Labute approximate surface area is 224 Å². The molecule has 2 rings (SSSR count). The van der Waals surface area contributed by atoms with Crippen LogP contribution in [-0.4, -0.2) is 70.0 Å². The third kappa shape index (κ3) is 14.3. The van der Waals surface area contributed by atoms with Crippen molar-refractivity contribution in [3.63, 3.8) is 0 Å². The Morgan fingerprint density at radius 1 is 1.14 bits per heavy atom. The van der Waals surface area contributed by atoms with E-state index in [0.29, 0.717) is 22.2 Å². The van der Waals surface area contributed by atoms with E-state index < -0.39 is 0 Å². The molecule has 4 N–H and O–H groups in total. The van der Waals surface area contributed by atoms with Crippen LogP contribution < -0.4 is 16.5 Å². The van der Waals surface area contributed by atoms with Crippen LogP contribution in [0.1, 0.15) is 46.6 Å². The highest BCUT2D eigenvalue weighted by Crippen LogP contribution is 2.34. The smallest absolute Gasteiger partial charge is 0.149 e. The number of hydrazine groups is 1. The van der Waals surface area contributed by atoms with Gasteiger partial charge in [-0.3, -0.25) is 5.01 Å². The zero-order valence-corrected chi connectivity index (χ0v) is 25.4. The van der Waals surface area contributed by atoms with Crippen molar-refractivity contribution in [2.24, 2.45) is 10.7 Å². The summed E-state index contributed by atoms with van der Waals surface area (Å²) in [5.74, 6) is 0.792. The lowest BCUT2D eigenvalue weighted by Gasteiger charge is -2.32. The lowest BCUT2D eigenvalue weighted by molar-refractivity contribution is 0.383. The Morgan fingerprint density at radius 3 is 1.94 bits per heavy atom. The van der Waals surface area contributed by atoms with E-state index in [1.54, 1.807) is 0 Å². The standard InChI is InChI=1S/C17H20ClN5S.C3H9N.C3H8.C2H6.CH5N/c1-11(10-20-2)16-22-17(24-4)14(9-19)15(23(16)21-3)12-5-7-13(18)8-6-12;1-4(2)3;1-3-2;2*1-2/h5-8,20-21H,10H2,1-4H3;1-3H3;3H2,1-2H3;1-2H3;2H2,1H3/b16-11-;;;;. The molecule has 0 aromatic heterocycles. The van der Waals surface area contributed by atoms with E-state index >= 15 is 0 Å². The third-order valence-electron chi connectivity index (χ3n) is 3.56. The molecule has 1 aromatic carbocycles. The molecular weight excluding hydrogens is 478 g/mol. The van der Waals surface area contributed by atoms with Gasteiger partial charge in [-0.2, -0.15) is 5.26 Å². The number of likely N-dealkylation sites (N-methyl/N-ethyl adjacent to an activating group) is 1. The number of nitrogens with zero attached hydrogens (tertiary/aromatic N) is 4. The summed E-state index contributed by atoms with van der Waals surface area (Å²) in [6.07, 6.45) is 3.18. The predicted octanol–water partition coefficient (Wildman–Crippen LogP) is 5.43. The average Bonchev–Trinajstić information content (AvgIpc) is 2.86. The average molecular weight is 526 g/mol. The van der Waals surface area contributed by atoms with Crippen molar-refractivity contribution in [2.75, 3.05) is 55.1 Å². The van der Waals surface area contributed by atoms with Gasteiger partial charge < -0.3 is 16.0 Å². The summed E-state index contributed by atoms with van der Waals surface area (Å²) in [6, 6.07) is 9.76. The summed E-state index contributed by atoms with van der Waals surface area (Å²) in [5, 5.41) is 16.1. The van der Waals surface area contributed by atoms with Gasteiger partial charge in [-0.25, -0.2) is 10.4 Å². The van der Waals surface area contributed by atoms with Gasteiger partial charge in [-0.1, -0.05) is 57.8 Å². The third-order valence-corrected chi connectivity index (χ3v) is 4.50. The maximum absolute atomic E-state index is 9.71. The number of benzene rings is 1. The van der Waals surface area contributed by atoms with Crippen LogP contribution in [0.2, 0.25) is 5.02 Å². The molecule has 200 valence electrons. The first kappa shape index (κ1) is 37.7. The SMILES string of the molecule is CC.CCC.CN.CN(C)C.CNC/C(C)=C1/N=C(SC)C(C#N)=C(c2ccc(Cl)cc2)N1NC. The first-order chi connectivity index (χ1) is 16.7. The van der Waals surface area contributed by atoms with Crippen LogP contribution in [0.3, 0.4) is 0 Å². The molecule has 1 aromatic rings. The molecule has 1 aliphatic heterocycles. The largest absolute Gasteiger partial charge is 0.333 e. The van der Waals surface area contributed by atoms with Gasteiger partial charge >= 0.3 is 0 Å². The van der Waals surface area contributed by atoms with Gasteiger partial charge in [0.15, 0.2) is 0 Å². The van der Waals surface area contributed by atoms with Crippen molar-refractivity contribution >= 4 is 34.1 Å². The Kier molecular flexibility index (Phi) is 25.7. The molecule has 35 heavy (non-hydrogen) atoms. The minimum atomic E-state index is 0.542. The summed E-state index contributed by atoms with van der Waals surface area (Å²) in [7, 11) is 11.2. The Bertz CT molecular complexity index is 807. The number of nitriles is 1. The maximum Gasteiger partial charge on any atom is 0.149 e. The van der Waals surface area contributed by atoms with Crippen LogP contribution in [-0.2, 0) is 0 Å². The van der Waals surface area contributed by atoms with Gasteiger partial charge in [0.2, 0.25) is 0 Å². The first-order valence-corrected chi connectivity index (χ1v) is 13.4. The summed E-state index contributed by atoms with van der Waals surface area (Å²) < 4.78 is 0. The number of nitrogens with one attached hydrogen (secondary N) is 2. The molecule has 1 aliphatic rings. The summed E-state index contributed by atoms with van der Waals surface area (Å²) >= 11 is 7.48. The number of nitrogens with two attached hydrogens (primary N) is 1. The Morgan fingerprint density at radius 2 is 1.60 bits per heavy atom. The van der Waals surface area contributed by atoms with Gasteiger partial charge in [0, 0.05) is 24.2 Å². The molecule has 0 atom stereocenters. The number of hydrogen-bond acceptors (Lipinski definition) is 8. The lowest BCUT2D eigenvalue weighted by Crippen LogP contribution is -2.37. The second-order valence-corrected chi connectivity index (χ2v) is 8.44. The van der Waals surface area contributed by atoms with Crippen molar-refractivity contribution in [3.05, 3.63) is 51.8 Å². The molecular formula is C26H48ClN7S. The van der Waals surface area contributed by atoms with E-state index in [1.807, 2.05) is 96.4 Å². The van der Waals surface area contributed by atoms with Crippen molar-refractivity contribution in [1.29, 1.82) is 5.26 Å². The highest BCUT2D eigenvalue weighted by Gasteiger charge is 2.28. The van der Waals surface area contributed by atoms with Crippen molar-refractivity contribution in [3.8, 4) is 6.07 Å². The second-order valence-electron chi connectivity index (χ2n) is 7.21. The molecule has 0 unspecified atom stereocenters. The summed E-state index contributed by atoms with van der Waals surface area (Å²) in [6.45, 7) is 11.0. The van der Waals surface area contributed by atoms with Gasteiger partial charge in [0.25, 0.3) is 0 Å². The van der Waals surface area contributed by atoms with E-state index in [4.69, 9.17) is 16.6 Å². The van der Waals surface area contributed by atoms with Crippen LogP contribution in [0, 0.1) is 11.3 Å². The van der Waals surface area contributed by atoms with Crippen molar-refractivity contribution in [1.82, 2.24) is 20.7 Å². The van der Waals surface area contributed by atoms with Gasteiger partial charge in [0.05, 0.1) is 5.70 Å². The van der Waals surface area contributed by atoms with Crippen LogP contribution in [0.4, 0.5) is 0 Å². The van der Waals surface area contributed by atoms with Crippen molar-refractivity contribution in [2.45, 2.75) is 41.0 Å². The van der Waals surface area contributed by atoms with E-state index in [1.165, 1.54) is 25.2 Å². The second kappa shape index (κ2) is 23.9. The molecule has 0 bridgehead atoms. The molecule has 0 aliphatic carbocycles. The van der Waals surface area contributed by atoms with Gasteiger partial charge in [-0.05, 0) is 66.1 Å². The lowest BCUT2D eigenvalue weighted by atomic mass is 10.0. The molecule has 0 amide bonds. The fraction of sp³-hybridized carbons (Fsp3) is 0.538. The Hall–Kier alpha value is -1.86. The highest BCUT2D eigenvalue weighted by molar-refractivity contribution is 8.13. The van der Waals surface area contributed by atoms with E-state index in [2.05, 4.69) is 36.4 Å². The number of halogens is 1. The van der Waals surface area contributed by atoms with Crippen molar-refractivity contribution < 1.29 is 0 Å². The highest BCUT2D eigenvalue weighted by atomic mass is 35.5. The predicted molar refractivity (Wildman–Crippen MR) is 159 cm³/mol. The topological polar surface area (TPSA) is 92.7 Å². The van der Waals surface area contributed by atoms with Crippen LogP contribution in [0.15, 0.2) is 46.2 Å². The number of aliphatic imine (C=N–C) groups is 1. The number of hydrogen-bond donors (Lipinski definition) is 3. The van der Waals surface area contributed by atoms with Crippen LogP contribution in [0.25, 0.3) is 5.70 Å². The molecule has 7 nitrogen and oxygen atoms in total. The zero-order valence-electron chi connectivity index (χ0n) is 23.9. The summed E-state index contributed by atoms with van der Waals surface area (Å²) in [4.78, 5) is 6.69. The fourth-order valence-corrected chi connectivity index (χ4v) is 3.15. The van der Waals surface area contributed by atoms with E-state index in [-0.39, 0.29) is 0 Å². The molecule has 9 heteroatoms. The fourth-order valence-electron chi connectivity index (χ4n) is 2.50. The van der Waals surface area contributed by atoms with E-state index in [9.17, 15) is 5.26 Å². The van der Waals surface area contributed by atoms with Gasteiger partial charge in [-0.15, -0.1) is 11.8 Å². The van der Waals surface area contributed by atoms with E-state index in [0.717, 1.165) is 22.7 Å². The number of rotatable bonds is 4. The quantitative estimate of drug-likeness (QED) is 0.482. The minimum Gasteiger partial charge on any atom is -0.333 e. The zero-order chi connectivity index (χ0) is 28.0. The monoisotopic (exact) mass is 525 g/mol. The molecule has 0 radical (unpaired) electrons. The minimum absolute atomic E-state index is 0.542. The molecule has 0 saturated carbocycles. The maximum atomic E-state index is 9.71. The first-order valence-electron chi connectivity index (χ1n) is 11.8. The van der Waals surface area contributed by atoms with Gasteiger partial charge in [0.1, 0.15) is 22.5 Å². The molecule has 1 heterocycles. The van der Waals surface area contributed by atoms with Crippen LogP contribution >= 0.6 is 23.4 Å². The molecule has 0 spiro atoms. The summed E-state index contributed by atoms with van der Waals surface area (Å²) in [5.41, 5.74) is 11.0. The Balaban J connectivity index is -0.000000798. The van der Waals surface area contributed by atoms with Crippen LogP contribution in [0.5, 0.6) is 0 Å². The normalized spacial score (nSPS) is 13.4. The molecule has 0 fully saturated rings. The number of thioether (sulfide) groups is 1. The molecule has 0 saturated heterocycles.